The van der Waals surface area contributed by atoms with Gasteiger partial charge in [-0.3, -0.25) is 0 Å². The number of halogens is 4. The monoisotopic (exact) mass is 376 g/mol. The summed E-state index contributed by atoms with van der Waals surface area (Å²) in [4.78, 5) is 8.29. The van der Waals surface area contributed by atoms with Gasteiger partial charge < -0.3 is 10.6 Å². The Labute approximate surface area is 134 Å². The second kappa shape index (κ2) is 7.00. The third kappa shape index (κ3) is 4.01. The minimum atomic E-state index is -0.798. The molecular formula is C13H12BrClF2N4. The molecule has 2 rings (SSSR count). The van der Waals surface area contributed by atoms with E-state index in [0.717, 1.165) is 18.6 Å². The van der Waals surface area contributed by atoms with Crippen LogP contribution >= 0.6 is 27.5 Å². The summed E-state index contributed by atoms with van der Waals surface area (Å²) in [6.07, 6.45) is 2.45. The van der Waals surface area contributed by atoms with E-state index in [0.29, 0.717) is 22.8 Å². The van der Waals surface area contributed by atoms with Crippen LogP contribution in [0.4, 0.5) is 26.2 Å². The molecule has 0 atom stereocenters. The number of hydrogen-bond donors (Lipinski definition) is 2. The van der Waals surface area contributed by atoms with Gasteiger partial charge in [0.15, 0.2) is 11.6 Å². The van der Waals surface area contributed by atoms with E-state index in [1.54, 1.807) is 0 Å². The van der Waals surface area contributed by atoms with Gasteiger partial charge in [0, 0.05) is 18.8 Å². The molecule has 0 radical (unpaired) electrons. The van der Waals surface area contributed by atoms with Gasteiger partial charge in [-0.25, -0.2) is 13.8 Å². The normalized spacial score (nSPS) is 10.5. The zero-order valence-corrected chi connectivity index (χ0v) is 13.4. The predicted octanol–water partition coefficient (Wildman–Crippen LogP) is 4.74. The Hall–Kier alpha value is -1.47. The Morgan fingerprint density at radius 3 is 2.76 bits per heavy atom. The Morgan fingerprint density at radius 1 is 1.33 bits per heavy atom. The summed E-state index contributed by atoms with van der Waals surface area (Å²) < 4.78 is 27.3. The van der Waals surface area contributed by atoms with Crippen LogP contribution in [-0.4, -0.2) is 16.5 Å². The van der Waals surface area contributed by atoms with Crippen LogP contribution in [0, 0.1) is 11.6 Å². The lowest BCUT2D eigenvalue weighted by atomic mass is 10.3. The first-order valence-electron chi connectivity index (χ1n) is 6.19. The maximum atomic E-state index is 13.8. The van der Waals surface area contributed by atoms with Gasteiger partial charge in [-0.05, 0) is 28.4 Å². The van der Waals surface area contributed by atoms with Crippen LogP contribution in [0.1, 0.15) is 13.3 Å². The highest BCUT2D eigenvalue weighted by Crippen LogP contribution is 2.31. The molecule has 0 aliphatic rings. The number of anilines is 3. The van der Waals surface area contributed by atoms with Crippen molar-refractivity contribution >= 4 is 45.0 Å². The van der Waals surface area contributed by atoms with E-state index >= 15 is 0 Å². The SMILES string of the molecule is CCCNc1ncc(Br)c(Nc2c(F)cc(F)cc2Cl)n1. The molecule has 0 aliphatic heterocycles. The van der Waals surface area contributed by atoms with Crippen LogP contribution in [0.15, 0.2) is 22.8 Å². The summed E-state index contributed by atoms with van der Waals surface area (Å²) in [5.74, 6) is -0.805. The first-order valence-corrected chi connectivity index (χ1v) is 7.36. The fourth-order valence-electron chi connectivity index (χ4n) is 1.56. The summed E-state index contributed by atoms with van der Waals surface area (Å²) in [5, 5.41) is 5.69. The minimum absolute atomic E-state index is 0.0427. The second-order valence-corrected chi connectivity index (χ2v) is 5.45. The van der Waals surface area contributed by atoms with E-state index in [-0.39, 0.29) is 10.7 Å². The molecule has 0 unspecified atom stereocenters. The lowest BCUT2D eigenvalue weighted by Crippen LogP contribution is -2.07. The van der Waals surface area contributed by atoms with E-state index in [2.05, 4.69) is 36.5 Å². The van der Waals surface area contributed by atoms with Crippen LogP contribution in [0.3, 0.4) is 0 Å². The zero-order valence-electron chi connectivity index (χ0n) is 11.1. The fourth-order valence-corrected chi connectivity index (χ4v) is 2.09. The van der Waals surface area contributed by atoms with Crippen molar-refractivity contribution in [2.45, 2.75) is 13.3 Å². The molecule has 2 N–H and O–H groups in total. The number of nitrogens with one attached hydrogen (secondary N) is 2. The number of aromatic nitrogens is 2. The van der Waals surface area contributed by atoms with Crippen molar-refractivity contribution in [2.75, 3.05) is 17.2 Å². The molecule has 1 heterocycles. The molecule has 21 heavy (non-hydrogen) atoms. The highest BCUT2D eigenvalue weighted by molar-refractivity contribution is 9.10. The molecule has 2 aromatic rings. The molecule has 0 saturated heterocycles. The Kier molecular flexibility index (Phi) is 5.30. The topological polar surface area (TPSA) is 49.8 Å². The van der Waals surface area contributed by atoms with Gasteiger partial charge in [0.25, 0.3) is 0 Å². The maximum Gasteiger partial charge on any atom is 0.224 e. The zero-order chi connectivity index (χ0) is 15.4. The standard InChI is InChI=1S/C13H12BrClF2N4/c1-2-3-18-13-19-6-8(14)12(21-13)20-11-9(15)4-7(16)5-10(11)17/h4-6H,2-3H2,1H3,(H2,18,19,20,21). The lowest BCUT2D eigenvalue weighted by molar-refractivity contribution is 0.586. The van der Waals surface area contributed by atoms with Gasteiger partial charge in [0.1, 0.15) is 5.82 Å². The summed E-state index contributed by atoms with van der Waals surface area (Å²) in [6.45, 7) is 2.73. The molecule has 0 aliphatic carbocycles. The first kappa shape index (κ1) is 15.9. The largest absolute Gasteiger partial charge is 0.354 e. The average molecular weight is 378 g/mol. The molecule has 0 amide bonds. The van der Waals surface area contributed by atoms with Crippen molar-refractivity contribution in [1.29, 1.82) is 0 Å². The van der Waals surface area contributed by atoms with Gasteiger partial charge >= 0.3 is 0 Å². The Bertz CT molecular complexity index is 631. The molecule has 112 valence electrons. The van der Waals surface area contributed by atoms with Gasteiger partial charge in [-0.15, -0.1) is 0 Å². The molecule has 8 heteroatoms. The number of nitrogens with zero attached hydrogens (tertiary/aromatic N) is 2. The number of rotatable bonds is 5. The van der Waals surface area contributed by atoms with Crippen LogP contribution in [0.25, 0.3) is 0 Å². The fraction of sp³-hybridized carbons (Fsp3) is 0.231. The Morgan fingerprint density at radius 2 is 2.10 bits per heavy atom. The van der Waals surface area contributed by atoms with Crippen LogP contribution in [0.5, 0.6) is 0 Å². The predicted molar refractivity (Wildman–Crippen MR) is 83.2 cm³/mol. The molecule has 0 saturated carbocycles. The lowest BCUT2D eigenvalue weighted by Gasteiger charge is -2.12. The number of hydrogen-bond acceptors (Lipinski definition) is 4. The molecule has 1 aromatic carbocycles. The molecule has 4 nitrogen and oxygen atoms in total. The van der Waals surface area contributed by atoms with Gasteiger partial charge in [-0.2, -0.15) is 4.98 Å². The minimum Gasteiger partial charge on any atom is -0.354 e. The van der Waals surface area contributed by atoms with E-state index in [9.17, 15) is 8.78 Å². The van der Waals surface area contributed by atoms with Gasteiger partial charge in [0.2, 0.25) is 5.95 Å². The van der Waals surface area contributed by atoms with Crippen molar-refractivity contribution in [2.24, 2.45) is 0 Å². The van der Waals surface area contributed by atoms with Crippen LogP contribution in [0.2, 0.25) is 5.02 Å². The molecule has 0 bridgehead atoms. The summed E-state index contributed by atoms with van der Waals surface area (Å²) in [5.41, 5.74) is -0.0427. The second-order valence-electron chi connectivity index (χ2n) is 4.19. The Balaban J connectivity index is 2.31. The molecule has 0 fully saturated rings. The van der Waals surface area contributed by atoms with Gasteiger partial charge in [0.05, 0.1) is 15.2 Å². The van der Waals surface area contributed by atoms with E-state index in [4.69, 9.17) is 11.6 Å². The quantitative estimate of drug-likeness (QED) is 0.790. The summed E-state index contributed by atoms with van der Waals surface area (Å²) >= 11 is 9.11. The van der Waals surface area contributed by atoms with Crippen LogP contribution in [-0.2, 0) is 0 Å². The van der Waals surface area contributed by atoms with E-state index in [1.165, 1.54) is 6.20 Å². The highest BCUT2D eigenvalue weighted by Gasteiger charge is 2.13. The first-order chi connectivity index (χ1) is 10.0. The van der Waals surface area contributed by atoms with Crippen molar-refractivity contribution in [3.05, 3.63) is 39.5 Å². The molecular weight excluding hydrogens is 366 g/mol. The van der Waals surface area contributed by atoms with Crippen molar-refractivity contribution in [3.8, 4) is 0 Å². The third-order valence-electron chi connectivity index (χ3n) is 2.53. The van der Waals surface area contributed by atoms with Crippen LogP contribution < -0.4 is 10.6 Å². The molecule has 1 aromatic heterocycles. The van der Waals surface area contributed by atoms with Gasteiger partial charge in [-0.1, -0.05) is 18.5 Å². The van der Waals surface area contributed by atoms with Crippen molar-refractivity contribution in [3.63, 3.8) is 0 Å². The smallest absolute Gasteiger partial charge is 0.224 e. The van der Waals surface area contributed by atoms with E-state index < -0.39 is 11.6 Å². The van der Waals surface area contributed by atoms with Crippen molar-refractivity contribution in [1.82, 2.24) is 9.97 Å². The van der Waals surface area contributed by atoms with E-state index in [1.807, 2.05) is 6.92 Å². The van der Waals surface area contributed by atoms with Crippen molar-refractivity contribution < 1.29 is 8.78 Å². The third-order valence-corrected chi connectivity index (χ3v) is 3.41. The summed E-state index contributed by atoms with van der Waals surface area (Å²) in [7, 11) is 0. The number of benzene rings is 1. The highest BCUT2D eigenvalue weighted by atomic mass is 79.9. The average Bonchev–Trinajstić information content (AvgIpc) is 2.43. The maximum absolute atomic E-state index is 13.8. The molecule has 0 spiro atoms. The summed E-state index contributed by atoms with van der Waals surface area (Å²) in [6, 6.07) is 1.78.